The summed E-state index contributed by atoms with van der Waals surface area (Å²) in [4.78, 5) is 2.77. The molecule has 0 aliphatic carbocycles. The summed E-state index contributed by atoms with van der Waals surface area (Å²) >= 11 is 5.58. The van der Waals surface area contributed by atoms with Crippen molar-refractivity contribution in [1.82, 2.24) is 4.98 Å². The summed E-state index contributed by atoms with van der Waals surface area (Å²) in [6.45, 7) is 0. The lowest BCUT2D eigenvalue weighted by atomic mass is 10.4. The number of H-pyrrole nitrogens is 1. The Balaban J connectivity index is 2.85. The topological polar surface area (TPSA) is 48.9 Å². The molecule has 54 valence electrons. The Kier molecular flexibility index (Phi) is 1.97. The van der Waals surface area contributed by atoms with Gasteiger partial charge in [-0.2, -0.15) is 0 Å². The predicted octanol–water partition coefficient (Wildman–Crippen LogP) is 1.64. The molecule has 3 nitrogen and oxygen atoms in total. The maximum absolute atomic E-state index is 7.18. The molecular formula is C6H7ClN2O. The fraction of sp³-hybridized carbons (Fsp3) is 0.167. The number of ether oxygens (including phenoxy) is 1. The largest absolute Gasteiger partial charge is 0.480 e. The zero-order valence-electron chi connectivity index (χ0n) is 5.44. The molecular weight excluding hydrogens is 152 g/mol. The van der Waals surface area contributed by atoms with E-state index in [1.54, 1.807) is 12.3 Å². The Bertz CT molecular complexity index is 244. The highest BCUT2D eigenvalue weighted by Gasteiger charge is 2.01. The van der Waals surface area contributed by atoms with Crippen molar-refractivity contribution < 1.29 is 4.74 Å². The molecule has 0 saturated carbocycles. The molecule has 0 aliphatic heterocycles. The van der Waals surface area contributed by atoms with Gasteiger partial charge in [-0.1, -0.05) is 11.6 Å². The van der Waals surface area contributed by atoms with Gasteiger partial charge in [-0.25, -0.2) is 0 Å². The van der Waals surface area contributed by atoms with Gasteiger partial charge in [-0.15, -0.1) is 0 Å². The van der Waals surface area contributed by atoms with Gasteiger partial charge < -0.3 is 9.72 Å². The van der Waals surface area contributed by atoms with Crippen LogP contribution in [-0.4, -0.2) is 18.0 Å². The molecule has 1 aromatic rings. The maximum atomic E-state index is 7.18. The normalized spacial score (nSPS) is 9.40. The number of hydrogen-bond donors (Lipinski definition) is 2. The van der Waals surface area contributed by atoms with E-state index in [4.69, 9.17) is 17.0 Å². The number of rotatable bonds is 1. The quantitative estimate of drug-likeness (QED) is 0.474. The fourth-order valence-corrected chi connectivity index (χ4v) is 0.773. The molecule has 0 aromatic carbocycles. The van der Waals surface area contributed by atoms with Crippen LogP contribution in [0.5, 0.6) is 0 Å². The molecule has 0 unspecified atom stereocenters. The second kappa shape index (κ2) is 2.75. The number of nitrogens with one attached hydrogen (secondary N) is 2. The highest BCUT2D eigenvalue weighted by molar-refractivity contribution is 6.30. The van der Waals surface area contributed by atoms with Crippen LogP contribution in [0.2, 0.25) is 5.02 Å². The minimum atomic E-state index is 0.0897. The van der Waals surface area contributed by atoms with Gasteiger partial charge in [0.1, 0.15) is 5.69 Å². The summed E-state index contributed by atoms with van der Waals surface area (Å²) in [6.07, 6.45) is 1.60. The van der Waals surface area contributed by atoms with Crippen LogP contribution in [0, 0.1) is 5.41 Å². The summed E-state index contributed by atoms with van der Waals surface area (Å²) in [5.41, 5.74) is 0.590. The minimum absolute atomic E-state index is 0.0897. The van der Waals surface area contributed by atoms with Gasteiger partial charge in [-0.3, -0.25) is 5.41 Å². The van der Waals surface area contributed by atoms with E-state index >= 15 is 0 Å². The summed E-state index contributed by atoms with van der Waals surface area (Å²) in [5, 5.41) is 7.76. The van der Waals surface area contributed by atoms with Gasteiger partial charge in [0.15, 0.2) is 0 Å². The number of halogens is 1. The number of aromatic nitrogens is 1. The van der Waals surface area contributed by atoms with Gasteiger partial charge in [0.25, 0.3) is 0 Å². The number of hydrogen-bond acceptors (Lipinski definition) is 2. The van der Waals surface area contributed by atoms with Gasteiger partial charge in [0, 0.05) is 6.20 Å². The molecule has 0 bridgehead atoms. The van der Waals surface area contributed by atoms with Crippen molar-refractivity contribution in [3.8, 4) is 0 Å². The van der Waals surface area contributed by atoms with E-state index in [0.717, 1.165) is 0 Å². The lowest BCUT2D eigenvalue weighted by Gasteiger charge is -1.95. The highest BCUT2D eigenvalue weighted by Crippen LogP contribution is 2.09. The highest BCUT2D eigenvalue weighted by atomic mass is 35.5. The van der Waals surface area contributed by atoms with E-state index in [1.165, 1.54) is 7.11 Å². The molecule has 1 aromatic heterocycles. The molecule has 1 heterocycles. The van der Waals surface area contributed by atoms with Crippen LogP contribution in [0.15, 0.2) is 12.3 Å². The van der Waals surface area contributed by atoms with E-state index < -0.39 is 0 Å². The lowest BCUT2D eigenvalue weighted by Crippen LogP contribution is -2.00. The molecule has 0 saturated heterocycles. The third-order valence-electron chi connectivity index (χ3n) is 1.10. The predicted molar refractivity (Wildman–Crippen MR) is 39.6 cm³/mol. The summed E-state index contributed by atoms with van der Waals surface area (Å²) < 4.78 is 4.64. The van der Waals surface area contributed by atoms with Crippen LogP contribution in [0.4, 0.5) is 0 Å². The van der Waals surface area contributed by atoms with Crippen molar-refractivity contribution >= 4 is 17.5 Å². The maximum Gasteiger partial charge on any atom is 0.229 e. The minimum Gasteiger partial charge on any atom is -0.480 e. The molecule has 0 radical (unpaired) electrons. The van der Waals surface area contributed by atoms with Crippen molar-refractivity contribution in [2.75, 3.05) is 7.11 Å². The average Bonchev–Trinajstić information content (AvgIpc) is 2.34. The fourth-order valence-electron chi connectivity index (χ4n) is 0.609. The van der Waals surface area contributed by atoms with Gasteiger partial charge >= 0.3 is 0 Å². The van der Waals surface area contributed by atoms with Crippen LogP contribution in [0.1, 0.15) is 5.69 Å². The molecule has 4 heteroatoms. The standard InChI is InChI=1S/C6H7ClN2O/c1-10-6(8)5-2-4(7)3-9-5/h2-3,8-9H,1H3. The number of aromatic amines is 1. The Morgan fingerprint density at radius 3 is 2.90 bits per heavy atom. The van der Waals surface area contributed by atoms with E-state index in [9.17, 15) is 0 Å². The molecule has 0 amide bonds. The molecule has 0 atom stereocenters. The Hall–Kier alpha value is -0.960. The van der Waals surface area contributed by atoms with Gasteiger partial charge in [0.2, 0.25) is 5.90 Å². The van der Waals surface area contributed by atoms with E-state index in [-0.39, 0.29) is 5.90 Å². The molecule has 10 heavy (non-hydrogen) atoms. The van der Waals surface area contributed by atoms with Crippen molar-refractivity contribution in [2.45, 2.75) is 0 Å². The summed E-state index contributed by atoms with van der Waals surface area (Å²) in [7, 11) is 1.44. The SMILES string of the molecule is COC(=N)c1cc(Cl)c[nH]1. The average molecular weight is 159 g/mol. The Morgan fingerprint density at radius 1 is 1.80 bits per heavy atom. The van der Waals surface area contributed by atoms with Crippen LogP contribution < -0.4 is 0 Å². The second-order valence-corrected chi connectivity index (χ2v) is 2.20. The monoisotopic (exact) mass is 158 g/mol. The zero-order chi connectivity index (χ0) is 7.56. The molecule has 0 aliphatic rings. The molecule has 0 spiro atoms. The smallest absolute Gasteiger partial charge is 0.229 e. The molecule has 0 fully saturated rings. The van der Waals surface area contributed by atoms with Crippen LogP contribution >= 0.6 is 11.6 Å². The molecule has 2 N–H and O–H groups in total. The Labute approximate surface area is 63.5 Å². The van der Waals surface area contributed by atoms with Crippen molar-refractivity contribution in [2.24, 2.45) is 0 Å². The van der Waals surface area contributed by atoms with Crippen molar-refractivity contribution in [3.63, 3.8) is 0 Å². The summed E-state index contributed by atoms with van der Waals surface area (Å²) in [5.74, 6) is 0.0897. The molecule has 1 rings (SSSR count). The zero-order valence-corrected chi connectivity index (χ0v) is 6.20. The van der Waals surface area contributed by atoms with E-state index in [1.807, 2.05) is 0 Å². The number of methoxy groups -OCH3 is 1. The first-order valence-electron chi connectivity index (χ1n) is 2.71. The summed E-state index contributed by atoms with van der Waals surface area (Å²) in [6, 6.07) is 1.63. The van der Waals surface area contributed by atoms with Crippen molar-refractivity contribution in [3.05, 3.63) is 23.0 Å². The first-order valence-corrected chi connectivity index (χ1v) is 3.08. The van der Waals surface area contributed by atoms with Crippen molar-refractivity contribution in [1.29, 1.82) is 5.41 Å². The van der Waals surface area contributed by atoms with E-state index in [2.05, 4.69) is 9.72 Å². The van der Waals surface area contributed by atoms with Gasteiger partial charge in [0.05, 0.1) is 12.1 Å². The van der Waals surface area contributed by atoms with Crippen LogP contribution in [-0.2, 0) is 4.74 Å². The van der Waals surface area contributed by atoms with Crippen LogP contribution in [0.3, 0.4) is 0 Å². The Morgan fingerprint density at radius 2 is 2.50 bits per heavy atom. The lowest BCUT2D eigenvalue weighted by molar-refractivity contribution is 0.400. The third kappa shape index (κ3) is 1.30. The first-order chi connectivity index (χ1) is 4.74. The second-order valence-electron chi connectivity index (χ2n) is 1.76. The van der Waals surface area contributed by atoms with E-state index in [0.29, 0.717) is 10.7 Å². The first kappa shape index (κ1) is 7.15. The van der Waals surface area contributed by atoms with Crippen LogP contribution in [0.25, 0.3) is 0 Å². The van der Waals surface area contributed by atoms with Gasteiger partial charge in [-0.05, 0) is 6.07 Å². The third-order valence-corrected chi connectivity index (χ3v) is 1.31.